The highest BCUT2D eigenvalue weighted by Crippen LogP contribution is 2.14. The summed E-state index contributed by atoms with van der Waals surface area (Å²) in [5, 5.41) is 2.16. The number of alkyl halides is 1. The minimum atomic E-state index is -1.47. The van der Waals surface area contributed by atoms with Crippen molar-refractivity contribution in [2.75, 3.05) is 6.61 Å². The third-order valence-corrected chi connectivity index (χ3v) is 7.77. The van der Waals surface area contributed by atoms with E-state index in [0.717, 1.165) is 11.4 Å². The van der Waals surface area contributed by atoms with E-state index < -0.39 is 16.1 Å². The Hall–Kier alpha value is -0.396. The van der Waals surface area contributed by atoms with Crippen LogP contribution in [0.15, 0.2) is 18.2 Å². The average Bonchev–Trinajstić information content (AvgIpc) is 2.35. The van der Waals surface area contributed by atoms with Gasteiger partial charge in [0.2, 0.25) is 0 Å². The van der Waals surface area contributed by atoms with Crippen LogP contribution in [-0.4, -0.2) is 28.7 Å². The Morgan fingerprint density at radius 1 is 1.14 bits per heavy atom. The maximum absolute atomic E-state index is 12.2. The summed E-state index contributed by atoms with van der Waals surface area (Å²) >= 11 is 3.54. The number of ether oxygens (including phenoxy) is 1. The molecular formula is C16H27BrO2Si2. The summed E-state index contributed by atoms with van der Waals surface area (Å²) in [4.78, 5) is 12.2. The highest BCUT2D eigenvalue weighted by Gasteiger charge is 2.22. The van der Waals surface area contributed by atoms with Crippen molar-refractivity contribution in [2.24, 2.45) is 0 Å². The summed E-state index contributed by atoms with van der Waals surface area (Å²) in [6.07, 6.45) is 0. The summed E-state index contributed by atoms with van der Waals surface area (Å²) in [7, 11) is -2.63. The third kappa shape index (κ3) is 6.08. The topological polar surface area (TPSA) is 26.3 Å². The van der Waals surface area contributed by atoms with Crippen molar-refractivity contribution in [3.05, 3.63) is 29.3 Å². The normalized spacial score (nSPS) is 12.3. The lowest BCUT2D eigenvalue weighted by Gasteiger charge is -2.21. The fraction of sp³-hybridized carbons (Fsp3) is 0.562. The number of halogens is 1. The van der Waals surface area contributed by atoms with Crippen LogP contribution in [-0.2, 0) is 10.1 Å². The first-order valence-corrected chi connectivity index (χ1v) is 15.7. The zero-order chi connectivity index (χ0) is 16.3. The van der Waals surface area contributed by atoms with Gasteiger partial charge in [0.05, 0.1) is 20.2 Å². The molecule has 0 amide bonds. The fourth-order valence-corrected chi connectivity index (χ4v) is 5.24. The Morgan fingerprint density at radius 3 is 2.24 bits per heavy atom. The number of esters is 1. The van der Waals surface area contributed by atoms with E-state index >= 15 is 0 Å². The molecular weight excluding hydrogens is 360 g/mol. The van der Waals surface area contributed by atoms with Crippen molar-refractivity contribution in [3.8, 4) is 0 Å². The molecule has 0 aliphatic heterocycles. The van der Waals surface area contributed by atoms with Gasteiger partial charge in [0.15, 0.2) is 0 Å². The number of carbonyl (C=O) groups excluding carboxylic acids is 1. The van der Waals surface area contributed by atoms with E-state index in [1.807, 2.05) is 12.1 Å². The molecule has 1 aromatic rings. The Morgan fingerprint density at radius 2 is 1.76 bits per heavy atom. The molecule has 0 saturated carbocycles. The highest BCUT2D eigenvalue weighted by atomic mass is 79.9. The van der Waals surface area contributed by atoms with Gasteiger partial charge in [-0.15, -0.1) is 0 Å². The molecule has 1 aromatic carbocycles. The lowest BCUT2D eigenvalue weighted by molar-refractivity contribution is 0.0525. The first kappa shape index (κ1) is 18.7. The SMILES string of the molecule is C[Si](C)(C)CCOC(=O)c1ccc(CBr)c([Si](C)(C)C)c1. The quantitative estimate of drug-likeness (QED) is 0.404. The maximum atomic E-state index is 12.2. The predicted molar refractivity (Wildman–Crippen MR) is 100 cm³/mol. The Balaban J connectivity index is 2.86. The molecule has 2 nitrogen and oxygen atoms in total. The van der Waals surface area contributed by atoms with Crippen LogP contribution in [0.2, 0.25) is 45.3 Å². The fourth-order valence-electron chi connectivity index (χ4n) is 2.05. The summed E-state index contributed by atoms with van der Waals surface area (Å²) in [5.74, 6) is -0.186. The molecule has 0 saturated heterocycles. The minimum absolute atomic E-state index is 0.186. The standard InChI is InChI=1S/C16H27BrO2Si2/c1-20(2,3)10-9-19-16(18)13-7-8-14(12-17)15(11-13)21(4,5)6/h7-8,11H,9-10,12H2,1-6H3. The van der Waals surface area contributed by atoms with Gasteiger partial charge in [0, 0.05) is 13.4 Å². The smallest absolute Gasteiger partial charge is 0.338 e. The summed E-state index contributed by atoms with van der Waals surface area (Å²) in [5.41, 5.74) is 1.97. The van der Waals surface area contributed by atoms with Crippen molar-refractivity contribution >= 4 is 43.2 Å². The Bertz CT molecular complexity index is 502. The summed E-state index contributed by atoms with van der Waals surface area (Å²) < 4.78 is 5.44. The first-order valence-electron chi connectivity index (χ1n) is 7.41. The van der Waals surface area contributed by atoms with Crippen LogP contribution >= 0.6 is 15.9 Å². The molecule has 0 aromatic heterocycles. The van der Waals surface area contributed by atoms with Gasteiger partial charge in [-0.05, 0) is 23.7 Å². The molecule has 118 valence electrons. The Kier molecular flexibility index (Phi) is 6.43. The minimum Gasteiger partial charge on any atom is -0.462 e. The van der Waals surface area contributed by atoms with Crippen LogP contribution in [0.5, 0.6) is 0 Å². The number of hydrogen-bond donors (Lipinski definition) is 0. The van der Waals surface area contributed by atoms with E-state index in [1.54, 1.807) is 0 Å². The van der Waals surface area contributed by atoms with Gasteiger partial charge < -0.3 is 4.74 Å². The molecule has 0 atom stereocenters. The van der Waals surface area contributed by atoms with E-state index in [2.05, 4.69) is 61.3 Å². The van der Waals surface area contributed by atoms with Crippen molar-refractivity contribution in [3.63, 3.8) is 0 Å². The number of benzene rings is 1. The second-order valence-corrected chi connectivity index (χ2v) is 18.9. The van der Waals surface area contributed by atoms with Gasteiger partial charge in [-0.25, -0.2) is 4.79 Å². The zero-order valence-electron chi connectivity index (χ0n) is 14.0. The predicted octanol–water partition coefficient (Wildman–Crippen LogP) is 4.62. The molecule has 0 radical (unpaired) electrons. The van der Waals surface area contributed by atoms with Crippen LogP contribution in [0.4, 0.5) is 0 Å². The maximum Gasteiger partial charge on any atom is 0.338 e. The van der Waals surface area contributed by atoms with Crippen LogP contribution in [0.1, 0.15) is 15.9 Å². The van der Waals surface area contributed by atoms with Crippen molar-refractivity contribution < 1.29 is 9.53 Å². The average molecular weight is 387 g/mol. The number of hydrogen-bond acceptors (Lipinski definition) is 2. The van der Waals surface area contributed by atoms with Gasteiger partial charge in [0.25, 0.3) is 0 Å². The van der Waals surface area contributed by atoms with Crippen LogP contribution < -0.4 is 5.19 Å². The Labute approximate surface area is 139 Å². The largest absolute Gasteiger partial charge is 0.462 e. The van der Waals surface area contributed by atoms with Gasteiger partial charge in [-0.1, -0.05) is 66.5 Å². The highest BCUT2D eigenvalue weighted by molar-refractivity contribution is 9.08. The van der Waals surface area contributed by atoms with Crippen LogP contribution in [0.25, 0.3) is 0 Å². The molecule has 0 unspecified atom stereocenters. The van der Waals surface area contributed by atoms with Crippen molar-refractivity contribution in [1.82, 2.24) is 0 Å². The van der Waals surface area contributed by atoms with Crippen LogP contribution in [0.3, 0.4) is 0 Å². The van der Waals surface area contributed by atoms with Gasteiger partial charge in [-0.2, -0.15) is 0 Å². The van der Waals surface area contributed by atoms with Gasteiger partial charge in [0.1, 0.15) is 0 Å². The molecule has 21 heavy (non-hydrogen) atoms. The molecule has 0 spiro atoms. The van der Waals surface area contributed by atoms with Crippen molar-refractivity contribution in [1.29, 1.82) is 0 Å². The van der Waals surface area contributed by atoms with E-state index in [1.165, 1.54) is 10.8 Å². The molecule has 0 aliphatic rings. The molecule has 5 heteroatoms. The third-order valence-electron chi connectivity index (χ3n) is 3.38. The van der Waals surface area contributed by atoms with E-state index in [-0.39, 0.29) is 5.97 Å². The molecule has 1 rings (SSSR count). The molecule has 0 heterocycles. The number of carbonyl (C=O) groups is 1. The molecule has 0 N–H and O–H groups in total. The van der Waals surface area contributed by atoms with E-state index in [9.17, 15) is 4.79 Å². The lowest BCUT2D eigenvalue weighted by atomic mass is 10.1. The first-order chi connectivity index (χ1) is 9.54. The van der Waals surface area contributed by atoms with E-state index in [4.69, 9.17) is 4.74 Å². The molecule has 0 bridgehead atoms. The summed E-state index contributed by atoms with van der Waals surface area (Å²) in [6, 6.07) is 6.99. The monoisotopic (exact) mass is 386 g/mol. The van der Waals surface area contributed by atoms with Gasteiger partial charge >= 0.3 is 5.97 Å². The second-order valence-electron chi connectivity index (χ2n) is 7.70. The molecule has 0 fully saturated rings. The van der Waals surface area contributed by atoms with Crippen LogP contribution in [0, 0.1) is 0 Å². The second kappa shape index (κ2) is 7.24. The lowest BCUT2D eigenvalue weighted by Crippen LogP contribution is -2.40. The zero-order valence-corrected chi connectivity index (χ0v) is 17.6. The van der Waals surface area contributed by atoms with Crippen molar-refractivity contribution in [2.45, 2.75) is 50.7 Å². The van der Waals surface area contributed by atoms with Gasteiger partial charge in [-0.3, -0.25) is 0 Å². The molecule has 0 aliphatic carbocycles. The summed E-state index contributed by atoms with van der Waals surface area (Å²) in [6.45, 7) is 14.3. The number of rotatable bonds is 6. The van der Waals surface area contributed by atoms with E-state index in [0.29, 0.717) is 12.2 Å².